The van der Waals surface area contributed by atoms with Crippen LogP contribution in [0.5, 0.6) is 0 Å². The first-order valence-electron chi connectivity index (χ1n) is 10.3. The summed E-state index contributed by atoms with van der Waals surface area (Å²) in [5.41, 5.74) is 12.8. The first-order chi connectivity index (χ1) is 16.7. The number of unbranched alkanes of at least 4 members (excludes halogenated alkanes) is 1. The van der Waals surface area contributed by atoms with Crippen molar-refractivity contribution in [2.45, 2.75) is 43.9 Å². The summed E-state index contributed by atoms with van der Waals surface area (Å²) in [7, 11) is -16.5. The number of aliphatic imine (C=N–C) groups is 1. The molecule has 2 aliphatic heterocycles. The van der Waals surface area contributed by atoms with Gasteiger partial charge in [-0.25, -0.2) is 13.7 Å². The molecule has 0 aliphatic carbocycles. The van der Waals surface area contributed by atoms with Crippen LogP contribution < -0.4 is 16.8 Å². The highest BCUT2D eigenvalue weighted by atomic mass is 31.3. The van der Waals surface area contributed by atoms with Gasteiger partial charge in [-0.1, -0.05) is 11.8 Å². The van der Waals surface area contributed by atoms with Crippen molar-refractivity contribution in [3.63, 3.8) is 0 Å². The maximum atomic E-state index is 12.0. The van der Waals surface area contributed by atoms with Gasteiger partial charge in [-0.2, -0.15) is 8.62 Å². The second kappa shape index (κ2) is 11.5. The molecule has 17 nitrogen and oxygen atoms in total. The van der Waals surface area contributed by atoms with Gasteiger partial charge in [-0.05, 0) is 13.0 Å². The summed E-state index contributed by atoms with van der Waals surface area (Å²) in [4.78, 5) is 40.1. The smallest absolute Gasteiger partial charge is 0.390 e. The van der Waals surface area contributed by atoms with Gasteiger partial charge in [-0.3, -0.25) is 9.52 Å². The van der Waals surface area contributed by atoms with Crippen LogP contribution in [0.2, 0.25) is 0 Å². The van der Waals surface area contributed by atoms with E-state index in [1.165, 1.54) is 6.34 Å². The second-order valence-corrected chi connectivity index (χ2v) is 12.0. The zero-order chi connectivity index (χ0) is 26.7. The van der Waals surface area contributed by atoms with Crippen LogP contribution in [0.4, 0.5) is 5.82 Å². The number of nitrogens with two attached hydrogens (primary N) is 2. The van der Waals surface area contributed by atoms with Crippen molar-refractivity contribution in [3.05, 3.63) is 17.3 Å². The largest absolute Gasteiger partial charge is 0.490 e. The number of phosphoric ester groups is 1. The average Bonchev–Trinajstić information content (AvgIpc) is 3.28. The minimum atomic E-state index is -5.66. The number of phosphoric acid groups is 3. The fourth-order valence-electron chi connectivity index (χ4n) is 3.43. The van der Waals surface area contributed by atoms with Gasteiger partial charge in [0.2, 0.25) is 0 Å². The van der Waals surface area contributed by atoms with Crippen LogP contribution in [0.25, 0.3) is 0 Å². The van der Waals surface area contributed by atoms with E-state index in [0.717, 1.165) is 0 Å². The molecule has 0 saturated carbocycles. The number of hydrogen-bond acceptors (Lipinski definition) is 12. The molecule has 0 radical (unpaired) electrons. The second-order valence-electron chi connectivity index (χ2n) is 7.59. The average molecular weight is 573 g/mol. The van der Waals surface area contributed by atoms with Crippen LogP contribution >= 0.6 is 23.5 Å². The summed E-state index contributed by atoms with van der Waals surface area (Å²) in [5, 5.41) is 13.4. The molecule has 6 atom stereocenters. The maximum absolute atomic E-state index is 12.0. The van der Waals surface area contributed by atoms with Crippen LogP contribution in [0.3, 0.4) is 0 Å². The Morgan fingerprint density at radius 1 is 1.22 bits per heavy atom. The predicted molar refractivity (Wildman–Crippen MR) is 123 cm³/mol. The van der Waals surface area contributed by atoms with Gasteiger partial charge in [0, 0.05) is 24.6 Å². The third kappa shape index (κ3) is 7.78. The van der Waals surface area contributed by atoms with Crippen LogP contribution in [-0.4, -0.2) is 60.9 Å². The summed E-state index contributed by atoms with van der Waals surface area (Å²) in [5.74, 6) is 6.54. The van der Waals surface area contributed by atoms with E-state index in [9.17, 15) is 28.6 Å². The van der Waals surface area contributed by atoms with Crippen molar-refractivity contribution in [1.29, 1.82) is 0 Å². The van der Waals surface area contributed by atoms with E-state index in [2.05, 4.69) is 35.3 Å². The van der Waals surface area contributed by atoms with E-state index in [1.807, 2.05) is 0 Å². The highest BCUT2D eigenvalue weighted by Gasteiger charge is 2.43. The van der Waals surface area contributed by atoms with E-state index in [4.69, 9.17) is 26.0 Å². The molecule has 20 heteroatoms. The van der Waals surface area contributed by atoms with Crippen LogP contribution in [-0.2, 0) is 31.6 Å². The number of aliphatic hydroxyl groups is 1. The summed E-state index contributed by atoms with van der Waals surface area (Å²) < 4.78 is 53.4. The normalized spacial score (nSPS) is 26.9. The molecule has 0 spiro atoms. The van der Waals surface area contributed by atoms with Crippen molar-refractivity contribution < 1.29 is 56.3 Å². The molecule has 3 heterocycles. The van der Waals surface area contributed by atoms with Crippen molar-refractivity contribution in [1.82, 2.24) is 4.57 Å². The minimum Gasteiger partial charge on any atom is -0.390 e. The molecule has 1 aromatic rings. The number of aromatic nitrogens is 1. The van der Waals surface area contributed by atoms with Gasteiger partial charge in [0.05, 0.1) is 24.6 Å². The van der Waals surface area contributed by atoms with Crippen molar-refractivity contribution in [3.8, 4) is 11.8 Å². The molecule has 2 aliphatic rings. The third-order valence-electron chi connectivity index (χ3n) is 4.87. The van der Waals surface area contributed by atoms with Gasteiger partial charge >= 0.3 is 23.5 Å². The number of nitrogens with zero attached hydrogens (tertiary/aromatic N) is 2. The first-order valence-corrected chi connectivity index (χ1v) is 14.8. The Bertz CT molecular complexity index is 1190. The summed E-state index contributed by atoms with van der Waals surface area (Å²) >= 11 is 0. The summed E-state index contributed by atoms with van der Waals surface area (Å²) in [6, 6.07) is 0. The Labute approximate surface area is 204 Å². The molecular formula is C16H26N5O12P3. The predicted octanol–water partition coefficient (Wildman–Crippen LogP) is -0.0187. The zero-order valence-corrected chi connectivity index (χ0v) is 21.2. The minimum absolute atomic E-state index is 0.0135. The van der Waals surface area contributed by atoms with Gasteiger partial charge in [0.15, 0.2) is 0 Å². The summed E-state index contributed by atoms with van der Waals surface area (Å²) in [6.45, 7) is -0.292. The Kier molecular flexibility index (Phi) is 9.32. The van der Waals surface area contributed by atoms with Gasteiger partial charge in [0.1, 0.15) is 24.3 Å². The number of nitrogens with one attached hydrogen (secondary N) is 1. The molecular weight excluding hydrogens is 547 g/mol. The van der Waals surface area contributed by atoms with Crippen LogP contribution in [0, 0.1) is 11.8 Å². The quantitative estimate of drug-likeness (QED) is 0.104. The number of rotatable bonds is 10. The van der Waals surface area contributed by atoms with E-state index < -0.39 is 54.7 Å². The SMILES string of the molecule is NCCCC#Cc1cn([C@H]2C[C@H](O)[C@@H](COP(=O)(O)OP(=O)(O)OP(=O)(O)O)O2)c2c1C(N)N=CN2. The van der Waals surface area contributed by atoms with E-state index in [1.54, 1.807) is 10.8 Å². The Balaban J connectivity index is 1.70. The fraction of sp³-hybridized carbons (Fsp3) is 0.562. The number of aliphatic hydroxyl groups excluding tert-OH is 1. The molecule has 1 aromatic heterocycles. The lowest BCUT2D eigenvalue weighted by Gasteiger charge is -2.21. The van der Waals surface area contributed by atoms with E-state index in [0.29, 0.717) is 36.3 Å². The van der Waals surface area contributed by atoms with Crippen molar-refractivity contribution >= 4 is 35.6 Å². The topological polar surface area (TPSA) is 271 Å². The zero-order valence-electron chi connectivity index (χ0n) is 18.5. The highest BCUT2D eigenvalue weighted by molar-refractivity contribution is 7.66. The van der Waals surface area contributed by atoms with E-state index >= 15 is 0 Å². The number of hydrogen-bond donors (Lipinski definition) is 8. The maximum Gasteiger partial charge on any atom is 0.490 e. The first kappa shape index (κ1) is 29.1. The number of fused-ring (bicyclic) bond motifs is 1. The highest BCUT2D eigenvalue weighted by Crippen LogP contribution is 2.66. The lowest BCUT2D eigenvalue weighted by molar-refractivity contribution is -0.0426. The van der Waals surface area contributed by atoms with Gasteiger partial charge < -0.3 is 50.8 Å². The van der Waals surface area contributed by atoms with Crippen molar-refractivity contribution in [2.75, 3.05) is 18.5 Å². The van der Waals surface area contributed by atoms with Gasteiger partial charge in [0.25, 0.3) is 0 Å². The molecule has 10 N–H and O–H groups in total. The molecule has 1 saturated heterocycles. The van der Waals surface area contributed by atoms with Gasteiger partial charge in [-0.15, -0.1) is 0 Å². The molecule has 1 fully saturated rings. The third-order valence-corrected chi connectivity index (χ3v) is 8.67. The van der Waals surface area contributed by atoms with E-state index in [-0.39, 0.29) is 6.42 Å². The molecule has 0 aromatic carbocycles. The fourth-order valence-corrected chi connectivity index (χ4v) is 6.46. The number of ether oxygens (including phenoxy) is 1. The monoisotopic (exact) mass is 573 g/mol. The van der Waals surface area contributed by atoms with Crippen LogP contribution in [0.1, 0.15) is 42.8 Å². The Hall–Kier alpha value is -1.44. The number of anilines is 1. The standard InChI is InChI=1S/C16H26N5O12P3/c17-5-3-1-2-4-10-7-21(16-14(10)15(18)19-9-20-16)13-6-11(22)12(31-13)8-30-35(26,27)33-36(28,29)32-34(23,24)25/h7,9,11-13,15,22H,1,3,5-6,8,17-18H2,(H,19,20)(H,26,27)(H,28,29)(H2,23,24,25)/t11-,12+,13+,15?/m0/s1. The molecule has 0 bridgehead atoms. The lowest BCUT2D eigenvalue weighted by Crippen LogP contribution is -2.26. The Morgan fingerprint density at radius 2 is 1.94 bits per heavy atom. The molecule has 202 valence electrons. The molecule has 36 heavy (non-hydrogen) atoms. The Morgan fingerprint density at radius 3 is 2.61 bits per heavy atom. The summed E-state index contributed by atoms with van der Waals surface area (Å²) in [6.07, 6.45) is 0.463. The molecule has 0 amide bonds. The lowest BCUT2D eigenvalue weighted by atomic mass is 10.1. The molecule has 3 unspecified atom stereocenters. The molecule has 3 rings (SSSR count). The van der Waals surface area contributed by atoms with Crippen molar-refractivity contribution in [2.24, 2.45) is 16.5 Å². The van der Waals surface area contributed by atoms with Crippen LogP contribution in [0.15, 0.2) is 11.2 Å².